The molecule has 0 radical (unpaired) electrons. The summed E-state index contributed by atoms with van der Waals surface area (Å²) in [6.45, 7) is 0. The van der Waals surface area contributed by atoms with E-state index in [-0.39, 0.29) is 11.5 Å². The quantitative estimate of drug-likeness (QED) is 0.619. The van der Waals surface area contributed by atoms with Gasteiger partial charge >= 0.3 is 0 Å². The molecular weight excluding hydrogens is 182 g/mol. The Morgan fingerprint density at radius 1 is 1.31 bits per heavy atom. The molecule has 5 heteroatoms. The fourth-order valence-electron chi connectivity index (χ4n) is 1.04. The van der Waals surface area contributed by atoms with Crippen LogP contribution in [0.1, 0.15) is 0 Å². The zero-order valence-electron chi connectivity index (χ0n) is 6.29. The first-order valence-corrected chi connectivity index (χ1v) is 3.49. The number of aldehydes is 1. The van der Waals surface area contributed by atoms with E-state index in [1.807, 2.05) is 0 Å². The summed E-state index contributed by atoms with van der Waals surface area (Å²) in [5.74, 6) is -2.48. The Morgan fingerprint density at radius 3 is 2.77 bits per heavy atom. The first-order valence-electron chi connectivity index (χ1n) is 3.49. The van der Waals surface area contributed by atoms with Crippen molar-refractivity contribution >= 4 is 6.29 Å². The standard InChI is InChI=1S/C8H4F2O3/c9-4-1-2-5-8(7(4)10)13-6(3-11)12-5/h1-3,6H. The van der Waals surface area contributed by atoms with Gasteiger partial charge in [0.1, 0.15) is 0 Å². The third-order valence-corrected chi connectivity index (χ3v) is 1.60. The number of hydrogen-bond acceptors (Lipinski definition) is 3. The van der Waals surface area contributed by atoms with Gasteiger partial charge < -0.3 is 9.47 Å². The van der Waals surface area contributed by atoms with Crippen molar-refractivity contribution in [1.29, 1.82) is 0 Å². The molecule has 0 aliphatic carbocycles. The lowest BCUT2D eigenvalue weighted by atomic mass is 10.3. The highest BCUT2D eigenvalue weighted by Gasteiger charge is 2.28. The molecule has 1 aliphatic rings. The van der Waals surface area contributed by atoms with E-state index in [1.54, 1.807) is 0 Å². The number of rotatable bonds is 1. The second-order valence-electron chi connectivity index (χ2n) is 2.43. The normalized spacial score (nSPS) is 18.8. The van der Waals surface area contributed by atoms with Crippen molar-refractivity contribution in [3.8, 4) is 11.5 Å². The van der Waals surface area contributed by atoms with Gasteiger partial charge in [-0.2, -0.15) is 4.39 Å². The molecule has 1 atom stereocenters. The number of fused-ring (bicyclic) bond motifs is 1. The highest BCUT2D eigenvalue weighted by Crippen LogP contribution is 2.37. The lowest BCUT2D eigenvalue weighted by Gasteiger charge is -1.98. The van der Waals surface area contributed by atoms with E-state index in [0.717, 1.165) is 6.07 Å². The Morgan fingerprint density at radius 2 is 2.08 bits per heavy atom. The molecule has 1 aliphatic heterocycles. The van der Waals surface area contributed by atoms with Crippen LogP contribution in [0.2, 0.25) is 0 Å². The van der Waals surface area contributed by atoms with Gasteiger partial charge in [-0.15, -0.1) is 0 Å². The number of carbonyl (C=O) groups excluding carboxylic acids is 1. The van der Waals surface area contributed by atoms with E-state index >= 15 is 0 Å². The summed E-state index contributed by atoms with van der Waals surface area (Å²) >= 11 is 0. The van der Waals surface area contributed by atoms with Crippen molar-refractivity contribution in [2.24, 2.45) is 0 Å². The largest absolute Gasteiger partial charge is 0.444 e. The highest BCUT2D eigenvalue weighted by molar-refractivity contribution is 5.59. The lowest BCUT2D eigenvalue weighted by molar-refractivity contribution is -0.121. The molecule has 0 saturated carbocycles. The lowest BCUT2D eigenvalue weighted by Crippen LogP contribution is -2.18. The van der Waals surface area contributed by atoms with Gasteiger partial charge in [0, 0.05) is 0 Å². The Labute approximate surface area is 71.9 Å². The summed E-state index contributed by atoms with van der Waals surface area (Å²) in [5.41, 5.74) is 0. The monoisotopic (exact) mass is 186 g/mol. The molecular formula is C8H4F2O3. The molecule has 1 aromatic rings. The first kappa shape index (κ1) is 7.97. The highest BCUT2D eigenvalue weighted by atomic mass is 19.2. The van der Waals surface area contributed by atoms with Crippen LogP contribution in [-0.2, 0) is 4.79 Å². The van der Waals surface area contributed by atoms with Crippen LogP contribution in [0, 0.1) is 11.6 Å². The fourth-order valence-corrected chi connectivity index (χ4v) is 1.04. The van der Waals surface area contributed by atoms with E-state index in [9.17, 15) is 13.6 Å². The van der Waals surface area contributed by atoms with Crippen molar-refractivity contribution in [2.75, 3.05) is 0 Å². The molecule has 2 rings (SSSR count). The Kier molecular flexibility index (Phi) is 1.65. The zero-order valence-corrected chi connectivity index (χ0v) is 6.29. The van der Waals surface area contributed by atoms with Crippen LogP contribution in [0.15, 0.2) is 12.1 Å². The second-order valence-corrected chi connectivity index (χ2v) is 2.43. The molecule has 0 fully saturated rings. The molecule has 0 aromatic heterocycles. The molecule has 1 aromatic carbocycles. The van der Waals surface area contributed by atoms with Crippen LogP contribution in [0.25, 0.3) is 0 Å². The minimum atomic E-state index is -1.17. The molecule has 0 spiro atoms. The van der Waals surface area contributed by atoms with Crippen LogP contribution in [0.4, 0.5) is 8.78 Å². The maximum Gasteiger partial charge on any atom is 0.298 e. The number of halogens is 2. The van der Waals surface area contributed by atoms with E-state index in [2.05, 4.69) is 4.74 Å². The minimum absolute atomic E-state index is 0.0380. The van der Waals surface area contributed by atoms with Gasteiger partial charge in [-0.1, -0.05) is 0 Å². The van der Waals surface area contributed by atoms with Crippen molar-refractivity contribution in [3.05, 3.63) is 23.8 Å². The number of benzene rings is 1. The maximum absolute atomic E-state index is 12.9. The molecule has 68 valence electrons. The van der Waals surface area contributed by atoms with Gasteiger partial charge in [0.2, 0.25) is 17.9 Å². The number of hydrogen-bond donors (Lipinski definition) is 0. The SMILES string of the molecule is O=CC1Oc2ccc(F)c(F)c2O1. The summed E-state index contributed by atoms with van der Waals surface area (Å²) in [5, 5.41) is 0. The Balaban J connectivity index is 2.46. The van der Waals surface area contributed by atoms with Crippen molar-refractivity contribution < 1.29 is 23.0 Å². The summed E-state index contributed by atoms with van der Waals surface area (Å²) in [7, 11) is 0. The van der Waals surface area contributed by atoms with E-state index in [0.29, 0.717) is 6.29 Å². The molecule has 13 heavy (non-hydrogen) atoms. The molecule has 3 nitrogen and oxygen atoms in total. The first-order chi connectivity index (χ1) is 6.22. The Bertz CT molecular complexity index is 365. The van der Waals surface area contributed by atoms with Crippen molar-refractivity contribution in [3.63, 3.8) is 0 Å². The van der Waals surface area contributed by atoms with Gasteiger partial charge in [0.05, 0.1) is 0 Å². The molecule has 1 unspecified atom stereocenters. The van der Waals surface area contributed by atoms with Gasteiger partial charge in [0.15, 0.2) is 11.6 Å². The van der Waals surface area contributed by atoms with Crippen LogP contribution in [-0.4, -0.2) is 12.6 Å². The van der Waals surface area contributed by atoms with E-state index in [4.69, 9.17) is 4.74 Å². The van der Waals surface area contributed by atoms with Gasteiger partial charge in [-0.25, -0.2) is 4.39 Å². The average Bonchev–Trinajstić information content (AvgIpc) is 2.55. The van der Waals surface area contributed by atoms with Crippen LogP contribution >= 0.6 is 0 Å². The summed E-state index contributed by atoms with van der Waals surface area (Å²) < 4.78 is 35.0. The topological polar surface area (TPSA) is 35.5 Å². The smallest absolute Gasteiger partial charge is 0.298 e. The Hall–Kier alpha value is -1.65. The molecule has 0 saturated heterocycles. The summed E-state index contributed by atoms with van der Waals surface area (Å²) in [6.07, 6.45) is -0.816. The summed E-state index contributed by atoms with van der Waals surface area (Å²) in [4.78, 5) is 10.2. The number of ether oxygens (including phenoxy) is 2. The predicted octanol–water partition coefficient (Wildman–Crippen LogP) is 1.26. The zero-order chi connectivity index (χ0) is 9.42. The van der Waals surface area contributed by atoms with Gasteiger partial charge in [-0.05, 0) is 12.1 Å². The summed E-state index contributed by atoms with van der Waals surface area (Å²) in [6, 6.07) is 2.11. The van der Waals surface area contributed by atoms with E-state index in [1.165, 1.54) is 6.07 Å². The van der Waals surface area contributed by atoms with Crippen LogP contribution in [0.5, 0.6) is 11.5 Å². The third kappa shape index (κ3) is 1.12. The van der Waals surface area contributed by atoms with Crippen molar-refractivity contribution in [2.45, 2.75) is 6.29 Å². The molecule has 0 N–H and O–H groups in total. The maximum atomic E-state index is 12.9. The van der Waals surface area contributed by atoms with Crippen molar-refractivity contribution in [1.82, 2.24) is 0 Å². The van der Waals surface area contributed by atoms with Gasteiger partial charge in [-0.3, -0.25) is 4.79 Å². The molecule has 0 amide bonds. The predicted molar refractivity (Wildman–Crippen MR) is 37.5 cm³/mol. The average molecular weight is 186 g/mol. The number of carbonyl (C=O) groups is 1. The third-order valence-electron chi connectivity index (χ3n) is 1.60. The fraction of sp³-hybridized carbons (Fsp3) is 0.125. The molecule has 1 heterocycles. The van der Waals surface area contributed by atoms with Crippen LogP contribution < -0.4 is 9.47 Å². The van der Waals surface area contributed by atoms with Gasteiger partial charge in [0.25, 0.3) is 6.29 Å². The van der Waals surface area contributed by atoms with Crippen LogP contribution in [0.3, 0.4) is 0 Å². The van der Waals surface area contributed by atoms with E-state index < -0.39 is 17.9 Å². The molecule has 0 bridgehead atoms. The minimum Gasteiger partial charge on any atom is -0.444 e. The second kappa shape index (κ2) is 2.69.